The van der Waals surface area contributed by atoms with Crippen LogP contribution in [0.3, 0.4) is 0 Å². The van der Waals surface area contributed by atoms with E-state index in [0.29, 0.717) is 5.56 Å². The zero-order valence-electron chi connectivity index (χ0n) is 9.80. The Morgan fingerprint density at radius 2 is 1.35 bits per heavy atom. The molecule has 0 aliphatic carbocycles. The predicted octanol–water partition coefficient (Wildman–Crippen LogP) is 2.43. The molecular weight excluding hydrogens is 212 g/mol. The molecule has 2 rings (SSSR count). The van der Waals surface area contributed by atoms with Gasteiger partial charge in [0.15, 0.2) is 5.79 Å². The van der Waals surface area contributed by atoms with E-state index in [4.69, 9.17) is 0 Å². The van der Waals surface area contributed by atoms with Gasteiger partial charge in [-0.3, -0.25) is 0 Å². The van der Waals surface area contributed by atoms with Crippen molar-refractivity contribution in [2.45, 2.75) is 19.1 Å². The summed E-state index contributed by atoms with van der Waals surface area (Å²) in [7, 11) is 0. The van der Waals surface area contributed by atoms with Crippen LogP contribution in [0.25, 0.3) is 0 Å². The largest absolute Gasteiger partial charge is 0.362 e. The second kappa shape index (κ2) is 4.70. The molecule has 0 radical (unpaired) electrons. The molecule has 2 N–H and O–H groups in total. The lowest BCUT2D eigenvalue weighted by molar-refractivity contribution is -0.152. The first-order valence-electron chi connectivity index (χ1n) is 5.64. The Kier molecular flexibility index (Phi) is 3.27. The van der Waals surface area contributed by atoms with Crippen molar-refractivity contribution in [1.82, 2.24) is 0 Å². The van der Waals surface area contributed by atoms with Crippen LogP contribution in [-0.4, -0.2) is 10.2 Å². The first-order valence-corrected chi connectivity index (χ1v) is 5.64. The predicted molar refractivity (Wildman–Crippen MR) is 67.5 cm³/mol. The lowest BCUT2D eigenvalue weighted by atomic mass is 10.0. The van der Waals surface area contributed by atoms with E-state index in [1.807, 2.05) is 30.3 Å². The molecule has 0 aliphatic heterocycles. The van der Waals surface area contributed by atoms with Crippen molar-refractivity contribution in [2.24, 2.45) is 0 Å². The molecule has 17 heavy (non-hydrogen) atoms. The molecule has 0 spiro atoms. The van der Waals surface area contributed by atoms with E-state index < -0.39 is 5.79 Å². The molecule has 2 heteroatoms. The number of hydrogen-bond acceptors (Lipinski definition) is 2. The van der Waals surface area contributed by atoms with Gasteiger partial charge in [0, 0.05) is 5.56 Å². The summed E-state index contributed by atoms with van der Waals surface area (Å²) >= 11 is 0. The second-order valence-electron chi connectivity index (χ2n) is 4.38. The van der Waals surface area contributed by atoms with Crippen LogP contribution in [0.15, 0.2) is 54.6 Å². The number of benzene rings is 2. The highest BCUT2D eigenvalue weighted by atomic mass is 16.5. The van der Waals surface area contributed by atoms with E-state index in [9.17, 15) is 10.2 Å². The maximum atomic E-state index is 9.43. The molecular formula is C15H16O2. The van der Waals surface area contributed by atoms with Crippen LogP contribution < -0.4 is 0 Å². The van der Waals surface area contributed by atoms with Crippen LogP contribution in [-0.2, 0) is 12.2 Å². The highest BCUT2D eigenvalue weighted by Gasteiger charge is 2.17. The summed E-state index contributed by atoms with van der Waals surface area (Å²) in [4.78, 5) is 0. The average Bonchev–Trinajstić information content (AvgIpc) is 2.30. The van der Waals surface area contributed by atoms with Gasteiger partial charge in [-0.25, -0.2) is 0 Å². The molecule has 0 fully saturated rings. The third-order valence-electron chi connectivity index (χ3n) is 2.75. The van der Waals surface area contributed by atoms with E-state index in [0.717, 1.165) is 12.0 Å². The van der Waals surface area contributed by atoms with Crippen LogP contribution >= 0.6 is 0 Å². The third-order valence-corrected chi connectivity index (χ3v) is 2.75. The summed E-state index contributed by atoms with van der Waals surface area (Å²) in [5.74, 6) is -1.76. The molecule has 88 valence electrons. The fourth-order valence-corrected chi connectivity index (χ4v) is 1.77. The van der Waals surface area contributed by atoms with E-state index in [1.165, 1.54) is 12.5 Å². The standard InChI is InChI=1S/C15H16O2/c1-15(16,17)14-9-7-13(8-10-14)11-12-5-3-2-4-6-12/h2-10,16-17H,11H2,1H3. The Hall–Kier alpha value is -1.64. The van der Waals surface area contributed by atoms with E-state index in [1.54, 1.807) is 12.1 Å². The minimum absolute atomic E-state index is 0.509. The van der Waals surface area contributed by atoms with Gasteiger partial charge in [0.2, 0.25) is 0 Å². The van der Waals surface area contributed by atoms with Crippen molar-refractivity contribution in [2.75, 3.05) is 0 Å². The van der Waals surface area contributed by atoms with Gasteiger partial charge in [0.05, 0.1) is 0 Å². The number of aliphatic hydroxyl groups is 2. The Balaban J connectivity index is 2.14. The average molecular weight is 228 g/mol. The van der Waals surface area contributed by atoms with Crippen molar-refractivity contribution in [3.05, 3.63) is 71.3 Å². The van der Waals surface area contributed by atoms with Gasteiger partial charge in [0.25, 0.3) is 0 Å². The monoisotopic (exact) mass is 228 g/mol. The van der Waals surface area contributed by atoms with Crippen LogP contribution in [0.4, 0.5) is 0 Å². The molecule has 0 amide bonds. The molecule has 2 aromatic carbocycles. The van der Waals surface area contributed by atoms with Crippen LogP contribution in [0, 0.1) is 0 Å². The highest BCUT2D eigenvalue weighted by Crippen LogP contribution is 2.18. The first-order chi connectivity index (χ1) is 8.05. The molecule has 0 unspecified atom stereocenters. The SMILES string of the molecule is CC(O)(O)c1ccc(Cc2ccccc2)cc1. The van der Waals surface area contributed by atoms with E-state index in [2.05, 4.69) is 12.1 Å². The summed E-state index contributed by atoms with van der Waals surface area (Å²) in [6.07, 6.45) is 0.856. The molecule has 0 bridgehead atoms. The van der Waals surface area contributed by atoms with Crippen molar-refractivity contribution in [3.63, 3.8) is 0 Å². The van der Waals surface area contributed by atoms with Gasteiger partial charge < -0.3 is 10.2 Å². The normalized spacial score (nSPS) is 11.5. The van der Waals surface area contributed by atoms with Gasteiger partial charge in [-0.2, -0.15) is 0 Å². The van der Waals surface area contributed by atoms with Crippen molar-refractivity contribution in [3.8, 4) is 0 Å². The molecule has 2 aromatic rings. The molecule has 0 aromatic heterocycles. The fourth-order valence-electron chi connectivity index (χ4n) is 1.77. The smallest absolute Gasteiger partial charge is 0.186 e. The van der Waals surface area contributed by atoms with Gasteiger partial charge in [-0.1, -0.05) is 54.6 Å². The zero-order valence-corrected chi connectivity index (χ0v) is 9.80. The van der Waals surface area contributed by atoms with Crippen molar-refractivity contribution < 1.29 is 10.2 Å². The van der Waals surface area contributed by atoms with Crippen LogP contribution in [0.2, 0.25) is 0 Å². The third kappa shape index (κ3) is 3.16. The molecule has 0 heterocycles. The second-order valence-corrected chi connectivity index (χ2v) is 4.38. The molecule has 0 atom stereocenters. The van der Waals surface area contributed by atoms with Gasteiger partial charge in [-0.15, -0.1) is 0 Å². The van der Waals surface area contributed by atoms with E-state index >= 15 is 0 Å². The van der Waals surface area contributed by atoms with Gasteiger partial charge in [-0.05, 0) is 24.5 Å². The Morgan fingerprint density at radius 3 is 1.88 bits per heavy atom. The van der Waals surface area contributed by atoms with Crippen LogP contribution in [0.5, 0.6) is 0 Å². The first kappa shape index (κ1) is 11.8. The lowest BCUT2D eigenvalue weighted by Crippen LogP contribution is -2.19. The van der Waals surface area contributed by atoms with Crippen molar-refractivity contribution in [1.29, 1.82) is 0 Å². The lowest BCUT2D eigenvalue weighted by Gasteiger charge is -2.16. The van der Waals surface area contributed by atoms with Gasteiger partial charge >= 0.3 is 0 Å². The Bertz CT molecular complexity index is 467. The topological polar surface area (TPSA) is 40.5 Å². The number of hydrogen-bond donors (Lipinski definition) is 2. The summed E-state index contributed by atoms with van der Waals surface area (Å²) in [5.41, 5.74) is 2.91. The van der Waals surface area contributed by atoms with Crippen LogP contribution in [0.1, 0.15) is 23.6 Å². The molecule has 0 saturated heterocycles. The minimum Gasteiger partial charge on any atom is -0.362 e. The summed E-state index contributed by atoms with van der Waals surface area (Å²) in [6, 6.07) is 17.5. The fraction of sp³-hybridized carbons (Fsp3) is 0.200. The van der Waals surface area contributed by atoms with Gasteiger partial charge in [0.1, 0.15) is 0 Å². The molecule has 0 aliphatic rings. The molecule has 2 nitrogen and oxygen atoms in total. The summed E-state index contributed by atoms with van der Waals surface area (Å²) in [5, 5.41) is 18.9. The Labute approximate surface area is 101 Å². The number of rotatable bonds is 3. The Morgan fingerprint density at radius 1 is 0.824 bits per heavy atom. The van der Waals surface area contributed by atoms with E-state index in [-0.39, 0.29) is 0 Å². The maximum absolute atomic E-state index is 9.43. The van der Waals surface area contributed by atoms with Crippen molar-refractivity contribution >= 4 is 0 Å². The minimum atomic E-state index is -1.76. The summed E-state index contributed by atoms with van der Waals surface area (Å²) in [6.45, 7) is 1.36. The maximum Gasteiger partial charge on any atom is 0.186 e. The quantitative estimate of drug-likeness (QED) is 0.792. The highest BCUT2D eigenvalue weighted by molar-refractivity contribution is 5.29. The molecule has 0 saturated carbocycles. The summed E-state index contributed by atoms with van der Waals surface area (Å²) < 4.78 is 0. The zero-order chi connectivity index (χ0) is 12.3.